The van der Waals surface area contributed by atoms with E-state index >= 15 is 0 Å². The molecular formula is C28H27N5O. The summed E-state index contributed by atoms with van der Waals surface area (Å²) in [5.41, 5.74) is 5.98. The van der Waals surface area contributed by atoms with Gasteiger partial charge in [-0.1, -0.05) is 36.5 Å². The number of carbonyl (C=O) groups is 1. The number of hydrogen-bond acceptors (Lipinski definition) is 4. The third-order valence-corrected chi connectivity index (χ3v) is 6.13. The Kier molecular flexibility index (Phi) is 6.37. The number of nitrogens with one attached hydrogen (secondary N) is 1. The van der Waals surface area contributed by atoms with Crippen molar-refractivity contribution in [3.05, 3.63) is 94.9 Å². The van der Waals surface area contributed by atoms with Crippen LogP contribution in [0.25, 0.3) is 5.65 Å². The van der Waals surface area contributed by atoms with Crippen LogP contribution in [-0.4, -0.2) is 38.5 Å². The second-order valence-electron chi connectivity index (χ2n) is 8.75. The fraction of sp³-hybridized carbons (Fsp3) is 0.250. The van der Waals surface area contributed by atoms with Crippen molar-refractivity contribution in [2.45, 2.75) is 32.7 Å². The minimum atomic E-state index is -0.141. The van der Waals surface area contributed by atoms with Crippen molar-refractivity contribution in [3.8, 4) is 11.8 Å². The Balaban J connectivity index is 1.30. The van der Waals surface area contributed by atoms with Crippen LogP contribution < -0.4 is 5.32 Å². The van der Waals surface area contributed by atoms with Crippen LogP contribution in [0.15, 0.2) is 67.1 Å². The van der Waals surface area contributed by atoms with Crippen LogP contribution in [0.2, 0.25) is 0 Å². The molecule has 1 fully saturated rings. The smallest absolute Gasteiger partial charge is 0.255 e. The summed E-state index contributed by atoms with van der Waals surface area (Å²) in [4.78, 5) is 19.8. The Labute approximate surface area is 199 Å². The normalized spacial score (nSPS) is 13.9. The summed E-state index contributed by atoms with van der Waals surface area (Å²) in [5, 5.41) is 7.24. The van der Waals surface area contributed by atoms with Gasteiger partial charge in [-0.3, -0.25) is 9.69 Å². The molecule has 0 radical (unpaired) electrons. The van der Waals surface area contributed by atoms with Crippen LogP contribution in [0, 0.1) is 18.8 Å². The fourth-order valence-electron chi connectivity index (χ4n) is 4.24. The molecule has 170 valence electrons. The first-order valence-electron chi connectivity index (χ1n) is 11.7. The predicted octanol–water partition coefficient (Wildman–Crippen LogP) is 4.68. The average molecular weight is 450 g/mol. The fourth-order valence-corrected chi connectivity index (χ4v) is 4.24. The predicted molar refractivity (Wildman–Crippen MR) is 134 cm³/mol. The zero-order valence-electron chi connectivity index (χ0n) is 19.3. The number of nitrogens with zero attached hydrogens (tertiary/aromatic N) is 4. The quantitative estimate of drug-likeness (QED) is 0.460. The first-order chi connectivity index (χ1) is 16.6. The average Bonchev–Trinajstić information content (AvgIpc) is 3.32. The molecule has 1 aliphatic heterocycles. The Morgan fingerprint density at radius 1 is 1.06 bits per heavy atom. The van der Waals surface area contributed by atoms with Crippen molar-refractivity contribution in [1.82, 2.24) is 19.5 Å². The number of aryl methyl sites for hydroxylation is 1. The highest BCUT2D eigenvalue weighted by molar-refractivity contribution is 6.04. The number of amides is 1. The standard InChI is InChI=1S/C28H27N5O/c1-21-8-10-25(17-24(21)11-9-23-18-29-27-12-13-30-33(27)20-23)28(34)31-26-7-5-6-22(16-26)19-32-14-3-2-4-15-32/h5-8,10,12-13,16-18,20H,2-4,14-15,19H2,1H3,(H,31,34). The van der Waals surface area contributed by atoms with E-state index in [-0.39, 0.29) is 5.91 Å². The lowest BCUT2D eigenvalue weighted by atomic mass is 10.0. The third kappa shape index (κ3) is 5.16. The maximum absolute atomic E-state index is 13.0. The number of benzene rings is 2. The number of piperidine rings is 1. The first kappa shape index (κ1) is 21.9. The van der Waals surface area contributed by atoms with E-state index in [1.165, 1.54) is 24.8 Å². The summed E-state index contributed by atoms with van der Waals surface area (Å²) < 4.78 is 1.69. The second-order valence-corrected chi connectivity index (χ2v) is 8.75. The molecule has 1 amide bonds. The van der Waals surface area contributed by atoms with Gasteiger partial charge in [0.15, 0.2) is 5.65 Å². The molecule has 1 N–H and O–H groups in total. The topological polar surface area (TPSA) is 62.5 Å². The highest BCUT2D eigenvalue weighted by Crippen LogP contribution is 2.18. The van der Waals surface area contributed by atoms with Gasteiger partial charge in [-0.05, 0) is 68.2 Å². The maximum Gasteiger partial charge on any atom is 0.255 e. The lowest BCUT2D eigenvalue weighted by Gasteiger charge is -2.26. The van der Waals surface area contributed by atoms with Gasteiger partial charge >= 0.3 is 0 Å². The van der Waals surface area contributed by atoms with Gasteiger partial charge in [-0.2, -0.15) is 5.10 Å². The van der Waals surface area contributed by atoms with E-state index in [0.717, 1.165) is 47.7 Å². The van der Waals surface area contributed by atoms with E-state index in [1.54, 1.807) is 16.9 Å². The Morgan fingerprint density at radius 3 is 2.82 bits per heavy atom. The van der Waals surface area contributed by atoms with E-state index in [0.29, 0.717) is 5.56 Å². The van der Waals surface area contributed by atoms with Gasteiger partial charge in [-0.25, -0.2) is 9.50 Å². The largest absolute Gasteiger partial charge is 0.322 e. The molecule has 0 aliphatic carbocycles. The van der Waals surface area contributed by atoms with Crippen molar-refractivity contribution in [2.24, 2.45) is 0 Å². The van der Waals surface area contributed by atoms with Crippen LogP contribution in [0.1, 0.15) is 51.9 Å². The monoisotopic (exact) mass is 449 g/mol. The molecule has 2 aromatic heterocycles. The van der Waals surface area contributed by atoms with Gasteiger partial charge in [-0.15, -0.1) is 0 Å². The lowest BCUT2D eigenvalue weighted by Crippen LogP contribution is -2.29. The van der Waals surface area contributed by atoms with Crippen LogP contribution in [0.4, 0.5) is 5.69 Å². The molecule has 0 atom stereocenters. The lowest BCUT2D eigenvalue weighted by molar-refractivity contribution is 0.102. The number of aromatic nitrogens is 3. The molecule has 0 bridgehead atoms. The molecule has 6 nitrogen and oxygen atoms in total. The highest BCUT2D eigenvalue weighted by Gasteiger charge is 2.12. The van der Waals surface area contributed by atoms with Crippen LogP contribution in [-0.2, 0) is 6.54 Å². The number of fused-ring (bicyclic) bond motifs is 1. The van der Waals surface area contributed by atoms with E-state index in [9.17, 15) is 4.79 Å². The highest BCUT2D eigenvalue weighted by atomic mass is 16.1. The molecule has 1 saturated heterocycles. The van der Waals surface area contributed by atoms with Crippen LogP contribution in [0.3, 0.4) is 0 Å². The minimum Gasteiger partial charge on any atom is -0.322 e. The van der Waals surface area contributed by atoms with Gasteiger partial charge < -0.3 is 5.32 Å². The minimum absolute atomic E-state index is 0.141. The molecule has 5 rings (SSSR count). The van der Waals surface area contributed by atoms with Gasteiger partial charge in [0.25, 0.3) is 5.91 Å². The van der Waals surface area contributed by atoms with Crippen molar-refractivity contribution < 1.29 is 4.79 Å². The van der Waals surface area contributed by atoms with E-state index in [2.05, 4.69) is 44.3 Å². The summed E-state index contributed by atoms with van der Waals surface area (Å²) in [6.07, 6.45) is 9.14. The molecule has 0 saturated carbocycles. The summed E-state index contributed by atoms with van der Waals surface area (Å²) in [6, 6.07) is 15.6. The molecule has 0 unspecified atom stereocenters. The Morgan fingerprint density at radius 2 is 1.94 bits per heavy atom. The third-order valence-electron chi connectivity index (χ3n) is 6.13. The summed E-state index contributed by atoms with van der Waals surface area (Å²) >= 11 is 0. The van der Waals surface area contributed by atoms with Crippen molar-refractivity contribution in [3.63, 3.8) is 0 Å². The first-order valence-corrected chi connectivity index (χ1v) is 11.7. The zero-order valence-corrected chi connectivity index (χ0v) is 19.3. The van der Waals surface area contributed by atoms with E-state index < -0.39 is 0 Å². The zero-order chi connectivity index (χ0) is 23.3. The summed E-state index contributed by atoms with van der Waals surface area (Å²) in [5.74, 6) is 6.18. The molecule has 34 heavy (non-hydrogen) atoms. The molecule has 1 aliphatic rings. The molecule has 3 heterocycles. The molecule has 6 heteroatoms. The summed E-state index contributed by atoms with van der Waals surface area (Å²) in [7, 11) is 0. The van der Waals surface area contributed by atoms with E-state index in [4.69, 9.17) is 0 Å². The van der Waals surface area contributed by atoms with Gasteiger partial charge in [0, 0.05) is 41.8 Å². The van der Waals surface area contributed by atoms with Gasteiger partial charge in [0.05, 0.1) is 11.8 Å². The van der Waals surface area contributed by atoms with Crippen molar-refractivity contribution in [2.75, 3.05) is 18.4 Å². The number of hydrogen-bond donors (Lipinski definition) is 1. The number of carbonyl (C=O) groups excluding carboxylic acids is 1. The molecule has 2 aromatic carbocycles. The second kappa shape index (κ2) is 9.90. The summed E-state index contributed by atoms with van der Waals surface area (Å²) in [6.45, 7) is 5.21. The van der Waals surface area contributed by atoms with Crippen molar-refractivity contribution in [1.29, 1.82) is 0 Å². The Bertz CT molecular complexity index is 1390. The molecule has 0 spiro atoms. The van der Waals surface area contributed by atoms with Crippen molar-refractivity contribution >= 4 is 17.2 Å². The number of anilines is 1. The number of rotatable bonds is 4. The number of likely N-dealkylation sites (tertiary alicyclic amines) is 1. The Hall–Kier alpha value is -3.95. The SMILES string of the molecule is Cc1ccc(C(=O)Nc2cccc(CN3CCCCC3)c2)cc1C#Cc1cnc2ccnn2c1. The van der Waals surface area contributed by atoms with Gasteiger partial charge in [0.1, 0.15) is 0 Å². The van der Waals surface area contributed by atoms with E-state index in [1.807, 2.05) is 49.5 Å². The maximum atomic E-state index is 13.0. The van der Waals surface area contributed by atoms with Crippen LogP contribution >= 0.6 is 0 Å². The van der Waals surface area contributed by atoms with Crippen LogP contribution in [0.5, 0.6) is 0 Å². The molecule has 4 aromatic rings. The molecular weight excluding hydrogens is 422 g/mol. The van der Waals surface area contributed by atoms with Gasteiger partial charge in [0.2, 0.25) is 0 Å².